The maximum atomic E-state index is 12.3. The molecule has 0 fully saturated rings. The lowest BCUT2D eigenvalue weighted by Crippen LogP contribution is -2.35. The van der Waals surface area contributed by atoms with E-state index in [9.17, 15) is 38.4 Å². The van der Waals surface area contributed by atoms with E-state index in [1.807, 2.05) is 0 Å². The lowest BCUT2D eigenvalue weighted by Gasteiger charge is -2.25. The van der Waals surface area contributed by atoms with Gasteiger partial charge in [0, 0.05) is 26.2 Å². The summed E-state index contributed by atoms with van der Waals surface area (Å²) >= 11 is 0. The third-order valence-corrected chi connectivity index (χ3v) is 10.4. The number of amides is 4. The number of nitrogens with one attached hydrogen (secondary N) is 4. The molecule has 4 rings (SSSR count). The van der Waals surface area contributed by atoms with E-state index in [2.05, 4.69) is 54.0 Å². The van der Waals surface area contributed by atoms with Gasteiger partial charge in [-0.15, -0.1) is 22.9 Å². The van der Waals surface area contributed by atoms with Crippen molar-refractivity contribution in [1.29, 1.82) is 0 Å². The molecule has 0 unspecified atom stereocenters. The standard InChI is InChI=1S/C52H64N6O16/c59-45(41-15-1-2-16-41)67-33-37-71-49(63)53-23-11-29-57(30-12-24-54-50(64)72-38-34-68-46(60)42-17-3-4-18-42)27-9-10-28-58(31-13-25-55-51(65)73-39-35-69-47(61)43-19-5-6-20-43)32-14-26-56-52(66)74-40-36-70-48(62)44-21-7-8-22-44/h1-8,15,17,19,21H,9-14,23-40H2,(H,53,63)(H,54,64)(H,55,65)(H,56,66). The molecule has 0 aliphatic heterocycles. The van der Waals surface area contributed by atoms with Crippen molar-refractivity contribution in [1.82, 2.24) is 31.1 Å². The zero-order chi connectivity index (χ0) is 52.9. The Morgan fingerprint density at radius 3 is 0.757 bits per heavy atom. The van der Waals surface area contributed by atoms with E-state index >= 15 is 0 Å². The van der Waals surface area contributed by atoms with Crippen LogP contribution in [0.15, 0.2) is 118 Å². The van der Waals surface area contributed by atoms with Crippen molar-refractivity contribution in [3.05, 3.63) is 118 Å². The second-order valence-corrected chi connectivity index (χ2v) is 15.9. The lowest BCUT2D eigenvalue weighted by molar-refractivity contribution is -0.140. The van der Waals surface area contributed by atoms with Crippen LogP contribution in [0.3, 0.4) is 0 Å². The maximum Gasteiger partial charge on any atom is 0.407 e. The van der Waals surface area contributed by atoms with Crippen LogP contribution in [-0.2, 0) is 57.1 Å². The van der Waals surface area contributed by atoms with Crippen molar-refractivity contribution in [2.24, 2.45) is 0 Å². The van der Waals surface area contributed by atoms with Gasteiger partial charge in [-0.2, -0.15) is 0 Å². The summed E-state index contributed by atoms with van der Waals surface area (Å²) in [6.07, 6.45) is 20.7. The van der Waals surface area contributed by atoms with Gasteiger partial charge in [0.05, 0.1) is 0 Å². The average Bonchev–Trinajstić information content (AvgIpc) is 4.27. The number of hydrogen-bond donors (Lipinski definition) is 4. The maximum absolute atomic E-state index is 12.3. The molecule has 0 aromatic rings. The van der Waals surface area contributed by atoms with Crippen LogP contribution in [0.25, 0.3) is 0 Å². The summed E-state index contributed by atoms with van der Waals surface area (Å²) in [6, 6.07) is 0. The number of rotatable bonds is 37. The van der Waals surface area contributed by atoms with Crippen LogP contribution in [0.4, 0.5) is 19.2 Å². The molecule has 4 aliphatic carbocycles. The van der Waals surface area contributed by atoms with E-state index in [0.717, 1.165) is 12.8 Å². The molecule has 22 nitrogen and oxygen atoms in total. The van der Waals surface area contributed by atoms with Crippen molar-refractivity contribution in [2.75, 3.05) is 118 Å². The minimum Gasteiger partial charge on any atom is -0.458 e. The Hall–Kier alpha value is -8.08. The van der Waals surface area contributed by atoms with Gasteiger partial charge in [0.1, 0.15) is 75.1 Å². The van der Waals surface area contributed by atoms with Crippen LogP contribution >= 0.6 is 0 Å². The first-order valence-electron chi connectivity index (χ1n) is 24.4. The Kier molecular flexibility index (Phi) is 28.4. The summed E-state index contributed by atoms with van der Waals surface area (Å²) < 4.78 is 40.9. The molecule has 4 amide bonds. The van der Waals surface area contributed by atoms with Crippen molar-refractivity contribution < 1.29 is 76.3 Å². The highest BCUT2D eigenvalue weighted by molar-refractivity contribution is 5.93. The fraction of sp³-hybridized carbons (Fsp3) is 0.462. The summed E-state index contributed by atoms with van der Waals surface area (Å²) in [5.41, 5.74) is 12.1. The molecule has 0 aromatic carbocycles. The summed E-state index contributed by atoms with van der Waals surface area (Å²) in [4.78, 5) is 102. The molecule has 0 saturated heterocycles. The Morgan fingerprint density at radius 2 is 0.541 bits per heavy atom. The molecule has 22 heteroatoms. The molecule has 74 heavy (non-hydrogen) atoms. The molecule has 0 spiro atoms. The number of carbonyl (C=O) groups excluding carboxylic acids is 8. The van der Waals surface area contributed by atoms with Gasteiger partial charge in [-0.3, -0.25) is 0 Å². The van der Waals surface area contributed by atoms with E-state index in [-0.39, 0.29) is 75.1 Å². The number of carbonyl (C=O) groups is 8. The van der Waals surface area contributed by atoms with Gasteiger partial charge in [0.15, 0.2) is 0 Å². The van der Waals surface area contributed by atoms with E-state index in [1.54, 1.807) is 72.9 Å². The number of nitrogens with zero attached hydrogens (tertiary/aromatic N) is 2. The molecule has 398 valence electrons. The highest BCUT2D eigenvalue weighted by Gasteiger charge is 2.15. The van der Waals surface area contributed by atoms with Gasteiger partial charge in [0.2, 0.25) is 0 Å². The molecular weight excluding hydrogens is 965 g/mol. The quantitative estimate of drug-likeness (QED) is 0.0300. The minimum atomic E-state index is -0.647. The summed E-state index contributed by atoms with van der Waals surface area (Å²) in [5.74, 6) is -2.23. The van der Waals surface area contributed by atoms with Gasteiger partial charge in [-0.1, -0.05) is 24.3 Å². The Morgan fingerprint density at radius 1 is 0.324 bits per heavy atom. The second kappa shape index (κ2) is 35.9. The predicted molar refractivity (Wildman–Crippen MR) is 265 cm³/mol. The molecule has 0 radical (unpaired) electrons. The Balaban J connectivity index is 1.18. The molecule has 0 heterocycles. The summed E-state index contributed by atoms with van der Waals surface area (Å²) in [7, 11) is 0. The number of allylic oxidation sites excluding steroid dienone is 4. The lowest BCUT2D eigenvalue weighted by atomic mass is 10.2. The van der Waals surface area contributed by atoms with Crippen LogP contribution in [0.1, 0.15) is 38.5 Å². The van der Waals surface area contributed by atoms with Crippen LogP contribution in [-0.4, -0.2) is 176 Å². The van der Waals surface area contributed by atoms with Crippen molar-refractivity contribution in [3.63, 3.8) is 0 Å². The monoisotopic (exact) mass is 1030 g/mol. The van der Waals surface area contributed by atoms with Gasteiger partial charge in [0.25, 0.3) is 0 Å². The number of hydrogen-bond acceptors (Lipinski definition) is 18. The second-order valence-electron chi connectivity index (χ2n) is 15.9. The smallest absolute Gasteiger partial charge is 0.407 e. The highest BCUT2D eigenvalue weighted by atomic mass is 16.6. The molecule has 4 aliphatic rings. The fourth-order valence-corrected chi connectivity index (χ4v) is 6.73. The van der Waals surface area contributed by atoms with Crippen LogP contribution in [0, 0.1) is 0 Å². The first-order chi connectivity index (χ1) is 36.1. The molecular formula is C52H64N6O16. The Labute approximate surface area is 429 Å². The largest absolute Gasteiger partial charge is 0.458 e. The van der Waals surface area contributed by atoms with E-state index in [1.165, 1.54) is 0 Å². The van der Waals surface area contributed by atoms with Gasteiger partial charge < -0.3 is 69.0 Å². The number of esters is 4. The van der Waals surface area contributed by atoms with E-state index < -0.39 is 48.3 Å². The molecule has 0 bridgehead atoms. The molecule has 0 aromatic heterocycles. The van der Waals surface area contributed by atoms with E-state index in [4.69, 9.17) is 37.9 Å². The van der Waals surface area contributed by atoms with Gasteiger partial charge in [-0.25, -0.2) is 38.4 Å². The zero-order valence-corrected chi connectivity index (χ0v) is 41.3. The van der Waals surface area contributed by atoms with Crippen LogP contribution < -0.4 is 21.3 Å². The van der Waals surface area contributed by atoms with Gasteiger partial charge in [-0.05, 0) is 126 Å². The van der Waals surface area contributed by atoms with Crippen molar-refractivity contribution >= 4 is 48.3 Å². The van der Waals surface area contributed by atoms with Gasteiger partial charge >= 0.3 is 48.3 Å². The highest BCUT2D eigenvalue weighted by Crippen LogP contribution is 2.08. The molecule has 4 N–H and O–H groups in total. The first kappa shape index (κ1) is 58.5. The summed E-state index contributed by atoms with van der Waals surface area (Å²) in [5, 5.41) is 10.8. The number of alkyl carbamates (subject to hydrolysis) is 4. The van der Waals surface area contributed by atoms with E-state index in [0.29, 0.717) is 91.1 Å². The minimum absolute atomic E-state index is 0.106. The third kappa shape index (κ3) is 25.9. The SMILES string of the molecule is O=C(NCCCN(CCCCN(CCCNC(=O)OCCOC(=O)C1=C=CC=C1)CCCNC(=O)OCCOC(=O)C1=C=CC=C1)CCCNC(=O)OCCOC(=O)C1=C=CC=C1)OCCOC(=O)C1=C=CC=C1. The first-order valence-corrected chi connectivity index (χ1v) is 24.4. The van der Waals surface area contributed by atoms with Crippen molar-refractivity contribution in [2.45, 2.75) is 38.5 Å². The summed E-state index contributed by atoms with van der Waals surface area (Å²) in [6.45, 7) is 4.21. The number of ether oxygens (including phenoxy) is 8. The topological polar surface area (TPSA) is 265 Å². The average molecular weight is 1030 g/mol. The molecule has 0 saturated carbocycles. The zero-order valence-electron chi connectivity index (χ0n) is 41.3. The number of unbranched alkanes of at least 4 members (excludes halogenated alkanes) is 1. The van der Waals surface area contributed by atoms with Crippen LogP contribution in [0.2, 0.25) is 0 Å². The molecule has 0 atom stereocenters. The van der Waals surface area contributed by atoms with Crippen molar-refractivity contribution in [3.8, 4) is 0 Å². The fourth-order valence-electron chi connectivity index (χ4n) is 6.73. The predicted octanol–water partition coefficient (Wildman–Crippen LogP) is 3.61. The third-order valence-electron chi connectivity index (χ3n) is 10.4. The Bertz CT molecular complexity index is 2040. The normalized spacial score (nSPS) is 13.1. The van der Waals surface area contributed by atoms with Crippen LogP contribution in [0.5, 0.6) is 0 Å².